The maximum atomic E-state index is 12.9. The number of nitrogens with two attached hydrogens (primary N) is 1. The second-order valence-corrected chi connectivity index (χ2v) is 7.21. The summed E-state index contributed by atoms with van der Waals surface area (Å²) in [6.45, 7) is 4.52. The fourth-order valence-electron chi connectivity index (χ4n) is 3.61. The molecule has 1 heterocycles. The van der Waals surface area contributed by atoms with E-state index in [9.17, 15) is 4.79 Å². The third-order valence-corrected chi connectivity index (χ3v) is 5.28. The minimum atomic E-state index is -0.0131. The van der Waals surface area contributed by atoms with Crippen molar-refractivity contribution in [1.82, 2.24) is 4.90 Å². The first kappa shape index (κ1) is 18.5. The van der Waals surface area contributed by atoms with Crippen LogP contribution in [0.5, 0.6) is 0 Å². The Hall–Kier alpha value is -2.33. The van der Waals surface area contributed by atoms with Crippen molar-refractivity contribution in [3.63, 3.8) is 0 Å². The molecule has 0 aliphatic carbocycles. The molecular weight excluding hydrogens is 322 g/mol. The number of unbranched alkanes of at least 4 members (excludes halogenated alkanes) is 1. The van der Waals surface area contributed by atoms with Crippen LogP contribution in [-0.2, 0) is 0 Å². The van der Waals surface area contributed by atoms with E-state index < -0.39 is 0 Å². The summed E-state index contributed by atoms with van der Waals surface area (Å²) in [5.41, 5.74) is 9.42. The van der Waals surface area contributed by atoms with Gasteiger partial charge >= 0.3 is 0 Å². The van der Waals surface area contributed by atoms with E-state index >= 15 is 0 Å². The largest absolute Gasteiger partial charge is 0.375 e. The first-order valence-electron chi connectivity index (χ1n) is 9.51. The van der Waals surface area contributed by atoms with Crippen LogP contribution in [0.1, 0.15) is 41.6 Å². The van der Waals surface area contributed by atoms with E-state index in [2.05, 4.69) is 31.0 Å². The van der Waals surface area contributed by atoms with Gasteiger partial charge in [-0.2, -0.15) is 0 Å². The van der Waals surface area contributed by atoms with E-state index in [0.29, 0.717) is 13.1 Å². The van der Waals surface area contributed by atoms with Gasteiger partial charge in [-0.1, -0.05) is 43.7 Å². The first-order chi connectivity index (χ1) is 12.6. The standard InChI is InChI=1S/C22H29N3O/c1-3-4-14-24(2)19-12-10-18(11-13-19)22(26)25-15-20(21(23)16-25)17-8-6-5-7-9-17/h5-13,20-21H,3-4,14-16,23H2,1-2H3/t20-,21+/m0/s1. The summed E-state index contributed by atoms with van der Waals surface area (Å²) >= 11 is 0. The average Bonchev–Trinajstić information content (AvgIpc) is 3.08. The van der Waals surface area contributed by atoms with E-state index in [1.54, 1.807) is 0 Å². The Morgan fingerprint density at radius 3 is 2.46 bits per heavy atom. The van der Waals surface area contributed by atoms with Crippen molar-refractivity contribution in [2.75, 3.05) is 31.6 Å². The lowest BCUT2D eigenvalue weighted by molar-refractivity contribution is 0.0789. The summed E-state index contributed by atoms with van der Waals surface area (Å²) in [6, 6.07) is 18.2. The van der Waals surface area contributed by atoms with E-state index in [0.717, 1.165) is 17.8 Å². The molecule has 1 saturated heterocycles. The topological polar surface area (TPSA) is 49.6 Å². The van der Waals surface area contributed by atoms with Crippen molar-refractivity contribution < 1.29 is 4.79 Å². The van der Waals surface area contributed by atoms with Crippen LogP contribution >= 0.6 is 0 Å². The van der Waals surface area contributed by atoms with Crippen molar-refractivity contribution in [2.24, 2.45) is 5.73 Å². The number of nitrogens with zero attached hydrogens (tertiary/aromatic N) is 2. The molecule has 4 heteroatoms. The van der Waals surface area contributed by atoms with Crippen LogP contribution in [0, 0.1) is 0 Å². The lowest BCUT2D eigenvalue weighted by atomic mass is 9.95. The molecule has 1 aliphatic rings. The molecule has 2 atom stereocenters. The summed E-state index contributed by atoms with van der Waals surface area (Å²) in [5, 5.41) is 0. The molecule has 2 aromatic carbocycles. The van der Waals surface area contributed by atoms with Gasteiger partial charge in [-0.3, -0.25) is 4.79 Å². The highest BCUT2D eigenvalue weighted by molar-refractivity contribution is 5.95. The molecule has 1 amide bonds. The Morgan fingerprint density at radius 2 is 1.81 bits per heavy atom. The van der Waals surface area contributed by atoms with E-state index in [-0.39, 0.29) is 17.9 Å². The molecule has 1 fully saturated rings. The zero-order valence-electron chi connectivity index (χ0n) is 15.8. The highest BCUT2D eigenvalue weighted by Crippen LogP contribution is 2.27. The highest BCUT2D eigenvalue weighted by Gasteiger charge is 2.34. The first-order valence-corrected chi connectivity index (χ1v) is 9.51. The number of anilines is 1. The predicted molar refractivity (Wildman–Crippen MR) is 108 cm³/mol. The Labute approximate surface area is 156 Å². The number of amides is 1. The molecule has 0 saturated carbocycles. The lowest BCUT2D eigenvalue weighted by Crippen LogP contribution is -2.32. The summed E-state index contributed by atoms with van der Waals surface area (Å²) in [5.74, 6) is 0.279. The number of hydrogen-bond donors (Lipinski definition) is 1. The summed E-state index contributed by atoms with van der Waals surface area (Å²) in [6.07, 6.45) is 2.35. The molecule has 0 aromatic heterocycles. The van der Waals surface area contributed by atoms with Gasteiger partial charge in [-0.15, -0.1) is 0 Å². The number of carbonyl (C=O) groups is 1. The van der Waals surface area contributed by atoms with E-state index in [4.69, 9.17) is 5.73 Å². The number of rotatable bonds is 6. The second-order valence-electron chi connectivity index (χ2n) is 7.21. The van der Waals surface area contributed by atoms with Gasteiger partial charge in [-0.05, 0) is 36.2 Å². The molecule has 26 heavy (non-hydrogen) atoms. The summed E-state index contributed by atoms with van der Waals surface area (Å²) in [7, 11) is 2.09. The molecule has 0 bridgehead atoms. The van der Waals surface area contributed by atoms with E-state index in [1.165, 1.54) is 18.4 Å². The van der Waals surface area contributed by atoms with Crippen molar-refractivity contribution in [3.05, 3.63) is 65.7 Å². The highest BCUT2D eigenvalue weighted by atomic mass is 16.2. The molecule has 4 nitrogen and oxygen atoms in total. The monoisotopic (exact) mass is 351 g/mol. The molecule has 1 aliphatic heterocycles. The maximum absolute atomic E-state index is 12.9. The van der Waals surface area contributed by atoms with Crippen molar-refractivity contribution >= 4 is 11.6 Å². The smallest absolute Gasteiger partial charge is 0.253 e. The van der Waals surface area contributed by atoms with E-state index in [1.807, 2.05) is 47.4 Å². The Balaban J connectivity index is 1.66. The van der Waals surface area contributed by atoms with Gasteiger partial charge < -0.3 is 15.5 Å². The predicted octanol–water partition coefficient (Wildman–Crippen LogP) is 3.49. The Kier molecular flexibility index (Phi) is 5.94. The minimum Gasteiger partial charge on any atom is -0.375 e. The van der Waals surface area contributed by atoms with Crippen LogP contribution < -0.4 is 10.6 Å². The third-order valence-electron chi connectivity index (χ3n) is 5.28. The van der Waals surface area contributed by atoms with Crippen LogP contribution in [0.4, 0.5) is 5.69 Å². The normalized spacial score (nSPS) is 19.6. The van der Waals surface area contributed by atoms with Crippen LogP contribution in [0.25, 0.3) is 0 Å². The minimum absolute atomic E-state index is 0.0131. The van der Waals surface area contributed by atoms with Gasteiger partial charge in [0.15, 0.2) is 0 Å². The third kappa shape index (κ3) is 4.07. The van der Waals surface area contributed by atoms with Crippen molar-refractivity contribution in [3.8, 4) is 0 Å². The second kappa shape index (κ2) is 8.37. The van der Waals surface area contributed by atoms with Gasteiger partial charge in [0.05, 0.1) is 0 Å². The fraction of sp³-hybridized carbons (Fsp3) is 0.409. The van der Waals surface area contributed by atoms with Gasteiger partial charge in [0.2, 0.25) is 0 Å². The summed E-state index contributed by atoms with van der Waals surface area (Å²) in [4.78, 5) is 17.0. The Morgan fingerprint density at radius 1 is 1.12 bits per heavy atom. The molecule has 138 valence electrons. The number of benzene rings is 2. The number of carbonyl (C=O) groups excluding carboxylic acids is 1. The zero-order chi connectivity index (χ0) is 18.5. The summed E-state index contributed by atoms with van der Waals surface area (Å²) < 4.78 is 0. The molecule has 2 N–H and O–H groups in total. The van der Waals surface area contributed by atoms with Crippen molar-refractivity contribution in [2.45, 2.75) is 31.7 Å². The van der Waals surface area contributed by atoms with Gasteiger partial charge in [0.1, 0.15) is 0 Å². The fourth-order valence-corrected chi connectivity index (χ4v) is 3.61. The lowest BCUT2D eigenvalue weighted by Gasteiger charge is -2.20. The maximum Gasteiger partial charge on any atom is 0.253 e. The average molecular weight is 351 g/mol. The van der Waals surface area contributed by atoms with Crippen molar-refractivity contribution in [1.29, 1.82) is 0 Å². The van der Waals surface area contributed by atoms with Crippen LogP contribution in [0.2, 0.25) is 0 Å². The van der Waals surface area contributed by atoms with Crippen LogP contribution in [-0.4, -0.2) is 43.5 Å². The van der Waals surface area contributed by atoms with Gasteiger partial charge in [0.25, 0.3) is 5.91 Å². The SMILES string of the molecule is CCCCN(C)c1ccc(C(=O)N2C[C@@H](N)[C@H](c3ccccc3)C2)cc1. The molecule has 0 unspecified atom stereocenters. The van der Waals surface area contributed by atoms with Crippen LogP contribution in [0.3, 0.4) is 0 Å². The molecule has 3 rings (SSSR count). The molecule has 2 aromatic rings. The molecular formula is C22H29N3O. The number of hydrogen-bond acceptors (Lipinski definition) is 3. The molecule has 0 spiro atoms. The molecule has 0 radical (unpaired) electrons. The zero-order valence-corrected chi connectivity index (χ0v) is 15.8. The number of likely N-dealkylation sites (tertiary alicyclic amines) is 1. The van der Waals surface area contributed by atoms with Gasteiger partial charge in [0, 0.05) is 49.9 Å². The Bertz CT molecular complexity index is 714. The van der Waals surface area contributed by atoms with Gasteiger partial charge in [-0.25, -0.2) is 0 Å². The van der Waals surface area contributed by atoms with Crippen LogP contribution in [0.15, 0.2) is 54.6 Å². The quantitative estimate of drug-likeness (QED) is 0.867.